The predicted octanol–water partition coefficient (Wildman–Crippen LogP) is 3.83. The van der Waals surface area contributed by atoms with E-state index in [-0.39, 0.29) is 5.92 Å². The van der Waals surface area contributed by atoms with Crippen LogP contribution in [0.3, 0.4) is 0 Å². The van der Waals surface area contributed by atoms with Gasteiger partial charge in [-0.25, -0.2) is 0 Å². The van der Waals surface area contributed by atoms with Gasteiger partial charge in [-0.2, -0.15) is 0 Å². The van der Waals surface area contributed by atoms with E-state index in [0.717, 1.165) is 5.75 Å². The van der Waals surface area contributed by atoms with Gasteiger partial charge >= 0.3 is 0 Å². The summed E-state index contributed by atoms with van der Waals surface area (Å²) in [5, 5.41) is 0.714. The SMILES string of the molecule is Cc1ccc(C(CN)COc2ccc(Cl)cc2)s1. The Labute approximate surface area is 116 Å². The molecule has 0 bridgehead atoms. The number of thiophene rings is 1. The first kappa shape index (κ1) is 13.4. The Balaban J connectivity index is 1.97. The minimum Gasteiger partial charge on any atom is -0.493 e. The highest BCUT2D eigenvalue weighted by atomic mass is 35.5. The quantitative estimate of drug-likeness (QED) is 0.904. The van der Waals surface area contributed by atoms with Gasteiger partial charge in [0.15, 0.2) is 0 Å². The molecule has 2 aromatic rings. The Kier molecular flexibility index (Phi) is 4.64. The van der Waals surface area contributed by atoms with Gasteiger partial charge in [0.05, 0.1) is 6.61 Å². The molecule has 0 fully saturated rings. The average molecular weight is 282 g/mol. The van der Waals surface area contributed by atoms with Crippen molar-refractivity contribution in [3.05, 3.63) is 51.2 Å². The van der Waals surface area contributed by atoms with Crippen molar-refractivity contribution in [3.63, 3.8) is 0 Å². The monoisotopic (exact) mass is 281 g/mol. The van der Waals surface area contributed by atoms with Gasteiger partial charge in [0.2, 0.25) is 0 Å². The van der Waals surface area contributed by atoms with E-state index in [1.807, 2.05) is 24.3 Å². The van der Waals surface area contributed by atoms with E-state index in [1.165, 1.54) is 9.75 Å². The third-order valence-corrected chi connectivity index (χ3v) is 4.13. The van der Waals surface area contributed by atoms with Crippen molar-refractivity contribution in [1.82, 2.24) is 0 Å². The summed E-state index contributed by atoms with van der Waals surface area (Å²) in [6, 6.07) is 11.6. The molecule has 96 valence electrons. The number of rotatable bonds is 5. The van der Waals surface area contributed by atoms with E-state index in [4.69, 9.17) is 22.1 Å². The van der Waals surface area contributed by atoms with E-state index in [1.54, 1.807) is 11.3 Å². The van der Waals surface area contributed by atoms with Crippen LogP contribution in [0, 0.1) is 6.92 Å². The zero-order valence-corrected chi connectivity index (χ0v) is 11.8. The van der Waals surface area contributed by atoms with Crippen LogP contribution in [0.5, 0.6) is 5.75 Å². The highest BCUT2D eigenvalue weighted by molar-refractivity contribution is 7.12. The van der Waals surface area contributed by atoms with Gasteiger partial charge in [-0.1, -0.05) is 11.6 Å². The maximum atomic E-state index is 5.83. The lowest BCUT2D eigenvalue weighted by Gasteiger charge is -2.14. The molecular weight excluding hydrogens is 266 g/mol. The minimum absolute atomic E-state index is 0.249. The van der Waals surface area contributed by atoms with Gasteiger partial charge in [-0.3, -0.25) is 0 Å². The number of halogens is 1. The molecule has 0 saturated heterocycles. The lowest BCUT2D eigenvalue weighted by molar-refractivity contribution is 0.292. The van der Waals surface area contributed by atoms with Crippen molar-refractivity contribution in [1.29, 1.82) is 0 Å². The molecule has 0 aliphatic heterocycles. The largest absolute Gasteiger partial charge is 0.493 e. The van der Waals surface area contributed by atoms with Crippen molar-refractivity contribution in [3.8, 4) is 5.75 Å². The van der Waals surface area contributed by atoms with Crippen molar-refractivity contribution in [2.75, 3.05) is 13.2 Å². The first-order valence-corrected chi connectivity index (χ1v) is 7.03. The molecule has 2 N–H and O–H groups in total. The van der Waals surface area contributed by atoms with Gasteiger partial charge in [-0.15, -0.1) is 11.3 Å². The highest BCUT2D eigenvalue weighted by Crippen LogP contribution is 2.25. The Morgan fingerprint density at radius 1 is 1.22 bits per heavy atom. The van der Waals surface area contributed by atoms with Gasteiger partial charge in [0, 0.05) is 27.2 Å². The number of benzene rings is 1. The minimum atomic E-state index is 0.249. The lowest BCUT2D eigenvalue weighted by atomic mass is 10.1. The van der Waals surface area contributed by atoms with E-state index >= 15 is 0 Å². The van der Waals surface area contributed by atoms with Crippen LogP contribution in [0.4, 0.5) is 0 Å². The van der Waals surface area contributed by atoms with E-state index < -0.39 is 0 Å². The topological polar surface area (TPSA) is 35.2 Å². The fraction of sp³-hybridized carbons (Fsp3) is 0.286. The fourth-order valence-electron chi connectivity index (χ4n) is 1.67. The van der Waals surface area contributed by atoms with Crippen LogP contribution in [-0.2, 0) is 0 Å². The first-order chi connectivity index (χ1) is 8.69. The number of aryl methyl sites for hydroxylation is 1. The second kappa shape index (κ2) is 6.23. The first-order valence-electron chi connectivity index (χ1n) is 5.84. The Hall–Kier alpha value is -1.03. The summed E-state index contributed by atoms with van der Waals surface area (Å²) >= 11 is 7.60. The van der Waals surface area contributed by atoms with Crippen LogP contribution < -0.4 is 10.5 Å². The van der Waals surface area contributed by atoms with Gasteiger partial charge in [-0.05, 0) is 43.3 Å². The maximum Gasteiger partial charge on any atom is 0.119 e. The highest BCUT2D eigenvalue weighted by Gasteiger charge is 2.12. The molecule has 0 spiro atoms. The number of hydrogen-bond donors (Lipinski definition) is 1. The van der Waals surface area contributed by atoms with Crippen LogP contribution in [0.15, 0.2) is 36.4 Å². The molecule has 2 rings (SSSR count). The summed E-state index contributed by atoms with van der Waals surface area (Å²) in [6.45, 7) is 3.29. The molecule has 0 amide bonds. The summed E-state index contributed by atoms with van der Waals surface area (Å²) in [5.41, 5.74) is 5.81. The second-order valence-electron chi connectivity index (χ2n) is 4.15. The smallest absolute Gasteiger partial charge is 0.119 e. The molecule has 1 unspecified atom stereocenters. The van der Waals surface area contributed by atoms with Gasteiger partial charge in [0.25, 0.3) is 0 Å². The Morgan fingerprint density at radius 3 is 2.50 bits per heavy atom. The summed E-state index contributed by atoms with van der Waals surface area (Å²) in [7, 11) is 0. The molecule has 1 atom stereocenters. The van der Waals surface area contributed by atoms with Crippen molar-refractivity contribution in [2.45, 2.75) is 12.8 Å². The molecule has 0 radical (unpaired) electrons. The fourth-order valence-corrected chi connectivity index (χ4v) is 2.77. The molecule has 0 aliphatic carbocycles. The number of ether oxygens (including phenoxy) is 1. The third kappa shape index (κ3) is 3.48. The maximum absolute atomic E-state index is 5.83. The van der Waals surface area contributed by atoms with E-state index in [0.29, 0.717) is 18.2 Å². The Bertz CT molecular complexity index is 495. The van der Waals surface area contributed by atoms with Crippen molar-refractivity contribution in [2.24, 2.45) is 5.73 Å². The molecule has 1 aromatic heterocycles. The van der Waals surface area contributed by atoms with Crippen LogP contribution >= 0.6 is 22.9 Å². The molecule has 0 aliphatic rings. The molecule has 18 heavy (non-hydrogen) atoms. The number of hydrogen-bond acceptors (Lipinski definition) is 3. The zero-order chi connectivity index (χ0) is 13.0. The predicted molar refractivity (Wildman–Crippen MR) is 77.8 cm³/mol. The third-order valence-electron chi connectivity index (χ3n) is 2.71. The van der Waals surface area contributed by atoms with Gasteiger partial charge < -0.3 is 10.5 Å². The summed E-state index contributed by atoms with van der Waals surface area (Å²) in [5.74, 6) is 1.07. The second-order valence-corrected chi connectivity index (χ2v) is 5.90. The molecule has 4 heteroatoms. The van der Waals surface area contributed by atoms with Crippen molar-refractivity contribution < 1.29 is 4.74 Å². The summed E-state index contributed by atoms with van der Waals surface area (Å²) < 4.78 is 5.75. The summed E-state index contributed by atoms with van der Waals surface area (Å²) in [6.07, 6.45) is 0. The molecule has 1 heterocycles. The van der Waals surface area contributed by atoms with Crippen LogP contribution in [0.25, 0.3) is 0 Å². The van der Waals surface area contributed by atoms with Crippen molar-refractivity contribution >= 4 is 22.9 Å². The Morgan fingerprint density at radius 2 is 1.94 bits per heavy atom. The average Bonchev–Trinajstić information content (AvgIpc) is 2.79. The zero-order valence-electron chi connectivity index (χ0n) is 10.2. The van der Waals surface area contributed by atoms with E-state index in [2.05, 4.69) is 19.1 Å². The molecule has 0 saturated carbocycles. The lowest BCUT2D eigenvalue weighted by Crippen LogP contribution is -2.18. The molecule has 2 nitrogen and oxygen atoms in total. The molecular formula is C14H16ClNOS. The van der Waals surface area contributed by atoms with Crippen LogP contribution in [0.2, 0.25) is 5.02 Å². The van der Waals surface area contributed by atoms with Gasteiger partial charge in [0.1, 0.15) is 5.75 Å². The number of nitrogens with two attached hydrogens (primary N) is 1. The van der Waals surface area contributed by atoms with Crippen LogP contribution in [0.1, 0.15) is 15.7 Å². The van der Waals surface area contributed by atoms with E-state index in [9.17, 15) is 0 Å². The normalized spacial score (nSPS) is 12.4. The van der Waals surface area contributed by atoms with Crippen LogP contribution in [-0.4, -0.2) is 13.2 Å². The summed E-state index contributed by atoms with van der Waals surface area (Å²) in [4.78, 5) is 2.58. The molecule has 1 aromatic carbocycles. The standard InChI is InChI=1S/C14H16ClNOS/c1-10-2-7-14(18-10)11(8-16)9-17-13-5-3-12(15)4-6-13/h2-7,11H,8-9,16H2,1H3.